The summed E-state index contributed by atoms with van der Waals surface area (Å²) in [6.07, 6.45) is 1.16. The summed E-state index contributed by atoms with van der Waals surface area (Å²) in [6.45, 7) is 4.22. The van der Waals surface area contributed by atoms with Gasteiger partial charge < -0.3 is 10.1 Å². The second-order valence-corrected chi connectivity index (χ2v) is 7.27. The Hall–Kier alpha value is -2.62. The van der Waals surface area contributed by atoms with Crippen molar-refractivity contribution in [3.05, 3.63) is 90.0 Å². The number of rotatable bonds is 5. The van der Waals surface area contributed by atoms with Crippen LogP contribution < -0.4 is 10.1 Å². The van der Waals surface area contributed by atoms with Crippen molar-refractivity contribution in [1.29, 1.82) is 0 Å². The number of nitrogens with zero attached hydrogens (tertiary/aromatic N) is 1. The zero-order chi connectivity index (χ0) is 19.2. The van der Waals surface area contributed by atoms with Crippen molar-refractivity contribution >= 4 is 0 Å². The number of hydrogen-bond donors (Lipinski definition) is 1. The van der Waals surface area contributed by atoms with Crippen molar-refractivity contribution < 1.29 is 4.74 Å². The Morgan fingerprint density at radius 3 is 2.29 bits per heavy atom. The van der Waals surface area contributed by atoms with E-state index in [2.05, 4.69) is 83.0 Å². The summed E-state index contributed by atoms with van der Waals surface area (Å²) in [6, 6.07) is 28.2. The molecule has 0 spiro atoms. The molecule has 0 saturated carbocycles. The molecule has 1 unspecified atom stereocenters. The second-order valence-electron chi connectivity index (χ2n) is 7.27. The van der Waals surface area contributed by atoms with E-state index in [9.17, 15) is 0 Å². The first-order valence-electron chi connectivity index (χ1n) is 10.1. The molecule has 3 nitrogen and oxygen atoms in total. The summed E-state index contributed by atoms with van der Waals surface area (Å²) in [5.41, 5.74) is 5.05. The predicted octanol–water partition coefficient (Wildman–Crippen LogP) is 4.75. The highest BCUT2D eigenvalue weighted by Crippen LogP contribution is 2.35. The Morgan fingerprint density at radius 2 is 1.50 bits per heavy atom. The molecule has 1 heterocycles. The van der Waals surface area contributed by atoms with Crippen LogP contribution in [0.15, 0.2) is 78.9 Å². The van der Waals surface area contributed by atoms with Gasteiger partial charge in [-0.15, -0.1) is 0 Å². The lowest BCUT2D eigenvalue weighted by atomic mass is 9.94. The van der Waals surface area contributed by atoms with E-state index >= 15 is 0 Å². The minimum Gasteiger partial charge on any atom is -0.496 e. The van der Waals surface area contributed by atoms with Crippen molar-refractivity contribution in [2.24, 2.45) is 0 Å². The smallest absolute Gasteiger partial charge is 0.123 e. The van der Waals surface area contributed by atoms with Crippen LogP contribution in [0.25, 0.3) is 11.1 Å². The minimum atomic E-state index is 0.195. The highest BCUT2D eigenvalue weighted by molar-refractivity contribution is 5.63. The van der Waals surface area contributed by atoms with E-state index in [1.54, 1.807) is 7.11 Å². The topological polar surface area (TPSA) is 24.5 Å². The molecule has 1 aliphatic heterocycles. The van der Waals surface area contributed by atoms with Gasteiger partial charge in [-0.3, -0.25) is 4.90 Å². The number of benzene rings is 3. The molecule has 1 N–H and O–H groups in total. The van der Waals surface area contributed by atoms with Gasteiger partial charge >= 0.3 is 0 Å². The average molecular weight is 373 g/mol. The number of ether oxygens (including phenoxy) is 1. The maximum absolute atomic E-state index is 5.72. The second kappa shape index (κ2) is 9.05. The number of hydrogen-bond acceptors (Lipinski definition) is 3. The van der Waals surface area contributed by atoms with Crippen molar-refractivity contribution in [2.75, 3.05) is 33.3 Å². The molecule has 28 heavy (non-hydrogen) atoms. The van der Waals surface area contributed by atoms with E-state index in [1.165, 1.54) is 22.3 Å². The molecule has 0 aliphatic carbocycles. The van der Waals surface area contributed by atoms with E-state index in [0.717, 1.165) is 38.3 Å². The molecule has 4 rings (SSSR count). The van der Waals surface area contributed by atoms with Crippen molar-refractivity contribution in [2.45, 2.75) is 12.5 Å². The first-order chi connectivity index (χ1) is 13.9. The third-order valence-corrected chi connectivity index (χ3v) is 5.51. The van der Waals surface area contributed by atoms with Gasteiger partial charge in [0.25, 0.3) is 0 Å². The molecule has 0 bridgehead atoms. The summed E-state index contributed by atoms with van der Waals surface area (Å²) in [5.74, 6) is 0.955. The molecule has 3 heteroatoms. The molecule has 144 valence electrons. The summed E-state index contributed by atoms with van der Waals surface area (Å²) in [7, 11) is 1.76. The molecule has 0 aromatic heterocycles. The largest absolute Gasteiger partial charge is 0.496 e. The van der Waals surface area contributed by atoms with Crippen LogP contribution in [0.4, 0.5) is 0 Å². The lowest BCUT2D eigenvalue weighted by Gasteiger charge is -2.32. The van der Waals surface area contributed by atoms with Gasteiger partial charge in [0.1, 0.15) is 5.75 Å². The maximum Gasteiger partial charge on any atom is 0.123 e. The third kappa shape index (κ3) is 4.11. The Morgan fingerprint density at radius 1 is 0.786 bits per heavy atom. The first-order valence-corrected chi connectivity index (χ1v) is 10.1. The van der Waals surface area contributed by atoms with Crippen molar-refractivity contribution in [1.82, 2.24) is 10.2 Å². The maximum atomic E-state index is 5.72. The van der Waals surface area contributed by atoms with Crippen molar-refractivity contribution in [3.63, 3.8) is 0 Å². The molecule has 1 aliphatic rings. The van der Waals surface area contributed by atoms with Crippen molar-refractivity contribution in [3.8, 4) is 16.9 Å². The number of para-hydroxylation sites is 1. The fourth-order valence-corrected chi connectivity index (χ4v) is 4.09. The molecule has 0 amide bonds. The summed E-state index contributed by atoms with van der Waals surface area (Å²) >= 11 is 0. The van der Waals surface area contributed by atoms with Gasteiger partial charge in [-0.25, -0.2) is 0 Å². The van der Waals surface area contributed by atoms with E-state index in [-0.39, 0.29) is 6.04 Å². The molecule has 1 atom stereocenters. The normalized spacial score (nSPS) is 16.3. The van der Waals surface area contributed by atoms with Gasteiger partial charge in [0, 0.05) is 25.2 Å². The van der Waals surface area contributed by atoms with Crippen LogP contribution in [-0.4, -0.2) is 38.2 Å². The van der Waals surface area contributed by atoms with E-state index in [1.807, 2.05) is 6.07 Å². The lowest BCUT2D eigenvalue weighted by Crippen LogP contribution is -2.33. The Balaban J connectivity index is 1.72. The highest BCUT2D eigenvalue weighted by Gasteiger charge is 2.25. The fourth-order valence-electron chi connectivity index (χ4n) is 4.09. The van der Waals surface area contributed by atoms with Gasteiger partial charge in [0.05, 0.1) is 13.2 Å². The highest BCUT2D eigenvalue weighted by atomic mass is 16.5. The summed E-state index contributed by atoms with van der Waals surface area (Å²) in [4.78, 5) is 2.58. The number of methoxy groups -OCH3 is 1. The van der Waals surface area contributed by atoms with Gasteiger partial charge in [-0.2, -0.15) is 0 Å². The number of nitrogens with one attached hydrogen (secondary N) is 1. The standard InChI is InChI=1S/C25H28N2O/c1-28-24-11-6-5-10-23(24)25(27-18-7-16-26-17-19-27)22-14-12-21(13-15-22)20-8-3-2-4-9-20/h2-6,8-15,25-26H,7,16-19H2,1H3. The SMILES string of the molecule is COc1ccccc1C(c1ccc(-c2ccccc2)cc1)N1CCCNCC1. The predicted molar refractivity (Wildman–Crippen MR) is 116 cm³/mol. The van der Waals surface area contributed by atoms with Crippen LogP contribution in [0.5, 0.6) is 5.75 Å². The van der Waals surface area contributed by atoms with E-state index in [4.69, 9.17) is 4.74 Å². The Bertz CT molecular complexity index is 869. The first kappa shape index (κ1) is 18.7. The van der Waals surface area contributed by atoms with E-state index < -0.39 is 0 Å². The molecule has 1 fully saturated rings. The molecule has 1 saturated heterocycles. The third-order valence-electron chi connectivity index (χ3n) is 5.51. The molecular weight excluding hydrogens is 344 g/mol. The monoisotopic (exact) mass is 372 g/mol. The Kier molecular flexibility index (Phi) is 6.05. The average Bonchev–Trinajstić information content (AvgIpc) is 3.05. The summed E-state index contributed by atoms with van der Waals surface area (Å²) in [5, 5.41) is 3.52. The van der Waals surface area contributed by atoms with E-state index in [0.29, 0.717) is 0 Å². The minimum absolute atomic E-state index is 0.195. The molecule has 3 aromatic carbocycles. The quantitative estimate of drug-likeness (QED) is 0.700. The van der Waals surface area contributed by atoms with Crippen LogP contribution in [0.2, 0.25) is 0 Å². The molecular formula is C25H28N2O. The molecule has 3 aromatic rings. The zero-order valence-corrected chi connectivity index (χ0v) is 16.5. The van der Waals surface area contributed by atoms with Crippen LogP contribution in [-0.2, 0) is 0 Å². The summed E-state index contributed by atoms with van der Waals surface area (Å²) < 4.78 is 5.72. The van der Waals surface area contributed by atoms with Gasteiger partial charge in [-0.1, -0.05) is 72.8 Å². The fraction of sp³-hybridized carbons (Fsp3) is 0.280. The molecule has 0 radical (unpaired) electrons. The Labute approximate surface area is 168 Å². The van der Waals surface area contributed by atoms with Crippen LogP contribution in [0.1, 0.15) is 23.6 Å². The van der Waals surface area contributed by atoms with Gasteiger partial charge in [0.15, 0.2) is 0 Å². The van der Waals surface area contributed by atoms with Gasteiger partial charge in [-0.05, 0) is 35.7 Å². The van der Waals surface area contributed by atoms with Crippen LogP contribution in [0.3, 0.4) is 0 Å². The lowest BCUT2D eigenvalue weighted by molar-refractivity contribution is 0.236. The van der Waals surface area contributed by atoms with Crippen LogP contribution in [0, 0.1) is 0 Å². The van der Waals surface area contributed by atoms with Gasteiger partial charge in [0.2, 0.25) is 0 Å². The zero-order valence-electron chi connectivity index (χ0n) is 16.5. The van der Waals surface area contributed by atoms with Crippen LogP contribution >= 0.6 is 0 Å².